The van der Waals surface area contributed by atoms with Crippen molar-refractivity contribution in [3.05, 3.63) is 12.3 Å². The van der Waals surface area contributed by atoms with Crippen molar-refractivity contribution in [2.24, 2.45) is 5.92 Å². The zero-order valence-electron chi connectivity index (χ0n) is 10.8. The first-order chi connectivity index (χ1) is 8.13. The first-order valence-corrected chi connectivity index (χ1v) is 5.98. The third kappa shape index (κ3) is 4.99. The Labute approximate surface area is 103 Å². The molecule has 1 rings (SSSR count). The Morgan fingerprint density at radius 2 is 2.24 bits per heavy atom. The van der Waals surface area contributed by atoms with Crippen molar-refractivity contribution < 1.29 is 5.11 Å². The summed E-state index contributed by atoms with van der Waals surface area (Å²) in [6.07, 6.45) is 3.80. The summed E-state index contributed by atoms with van der Waals surface area (Å²) in [5, 5.41) is 12.2. The molecule has 0 aromatic carbocycles. The third-order valence-electron chi connectivity index (χ3n) is 2.53. The monoisotopic (exact) mass is 238 g/mol. The van der Waals surface area contributed by atoms with E-state index < -0.39 is 0 Å². The average Bonchev–Trinajstić information content (AvgIpc) is 2.34. The standard InChI is InChI=1S/C12H22N4O/c1-10(9-17)5-4-7-13-11-6-8-14-12(15-11)16(2)3/h6,8,10,17H,4-5,7,9H2,1-3H3,(H,13,14,15). The molecule has 1 unspecified atom stereocenters. The normalized spacial score (nSPS) is 12.2. The van der Waals surface area contributed by atoms with Crippen molar-refractivity contribution in [3.8, 4) is 0 Å². The molecule has 1 aromatic rings. The molecular formula is C12H22N4O. The van der Waals surface area contributed by atoms with E-state index in [1.54, 1.807) is 6.20 Å². The van der Waals surface area contributed by atoms with Crippen LogP contribution in [-0.2, 0) is 0 Å². The number of hydrogen-bond donors (Lipinski definition) is 2. The maximum Gasteiger partial charge on any atom is 0.226 e. The van der Waals surface area contributed by atoms with E-state index >= 15 is 0 Å². The van der Waals surface area contributed by atoms with Crippen LogP contribution in [0.15, 0.2) is 12.3 Å². The minimum absolute atomic E-state index is 0.262. The number of nitrogens with zero attached hydrogens (tertiary/aromatic N) is 3. The Kier molecular flexibility index (Phi) is 5.69. The van der Waals surface area contributed by atoms with Crippen molar-refractivity contribution in [2.75, 3.05) is 37.5 Å². The van der Waals surface area contributed by atoms with Crippen LogP contribution >= 0.6 is 0 Å². The highest BCUT2D eigenvalue weighted by molar-refractivity contribution is 5.40. The van der Waals surface area contributed by atoms with E-state index in [0.717, 1.165) is 25.2 Å². The molecular weight excluding hydrogens is 216 g/mol. The molecule has 0 bridgehead atoms. The smallest absolute Gasteiger partial charge is 0.226 e. The molecule has 0 aliphatic heterocycles. The van der Waals surface area contributed by atoms with E-state index in [9.17, 15) is 0 Å². The topological polar surface area (TPSA) is 61.3 Å². The summed E-state index contributed by atoms with van der Waals surface area (Å²) in [5.41, 5.74) is 0. The molecule has 0 saturated heterocycles. The van der Waals surface area contributed by atoms with Crippen LogP contribution in [0, 0.1) is 5.92 Å². The Morgan fingerprint density at radius 3 is 2.88 bits per heavy atom. The number of aliphatic hydroxyl groups is 1. The summed E-state index contributed by atoms with van der Waals surface area (Å²) in [6.45, 7) is 3.18. The van der Waals surface area contributed by atoms with E-state index in [1.807, 2.05) is 25.1 Å². The summed E-state index contributed by atoms with van der Waals surface area (Å²) in [5.74, 6) is 1.93. The third-order valence-corrected chi connectivity index (χ3v) is 2.53. The summed E-state index contributed by atoms with van der Waals surface area (Å²) in [7, 11) is 3.84. The van der Waals surface area contributed by atoms with Gasteiger partial charge in [0.15, 0.2) is 0 Å². The first-order valence-electron chi connectivity index (χ1n) is 5.98. The van der Waals surface area contributed by atoms with Crippen LogP contribution in [0.25, 0.3) is 0 Å². The minimum atomic E-state index is 0.262. The Bertz CT molecular complexity index is 330. The van der Waals surface area contributed by atoms with Gasteiger partial charge in [0.25, 0.3) is 0 Å². The molecule has 1 aromatic heterocycles. The number of nitrogens with one attached hydrogen (secondary N) is 1. The summed E-state index contributed by atoms with van der Waals surface area (Å²) in [6, 6.07) is 1.86. The van der Waals surface area contributed by atoms with Crippen LogP contribution in [0.2, 0.25) is 0 Å². The molecule has 0 saturated carbocycles. The lowest BCUT2D eigenvalue weighted by Crippen LogP contribution is -2.14. The second-order valence-corrected chi connectivity index (χ2v) is 4.49. The number of anilines is 2. The maximum absolute atomic E-state index is 8.90. The number of aromatic nitrogens is 2. The molecule has 5 heteroatoms. The Balaban J connectivity index is 2.34. The minimum Gasteiger partial charge on any atom is -0.396 e. The van der Waals surface area contributed by atoms with Crippen molar-refractivity contribution in [3.63, 3.8) is 0 Å². The predicted octanol–water partition coefficient (Wildman–Crippen LogP) is 1.36. The SMILES string of the molecule is CC(CO)CCCNc1ccnc(N(C)C)n1. The quantitative estimate of drug-likeness (QED) is 0.702. The highest BCUT2D eigenvalue weighted by Gasteiger charge is 2.02. The lowest BCUT2D eigenvalue weighted by atomic mass is 10.1. The van der Waals surface area contributed by atoms with Gasteiger partial charge in [0, 0.05) is 33.4 Å². The van der Waals surface area contributed by atoms with Gasteiger partial charge < -0.3 is 15.3 Å². The molecule has 0 fully saturated rings. The second kappa shape index (κ2) is 7.06. The fourth-order valence-electron chi connectivity index (χ4n) is 1.42. The molecule has 0 amide bonds. The number of rotatable bonds is 7. The van der Waals surface area contributed by atoms with E-state index in [1.165, 1.54) is 0 Å². The fourth-order valence-corrected chi connectivity index (χ4v) is 1.42. The van der Waals surface area contributed by atoms with Crippen LogP contribution in [0.4, 0.5) is 11.8 Å². The predicted molar refractivity (Wildman–Crippen MR) is 70.3 cm³/mol. The van der Waals surface area contributed by atoms with Crippen LogP contribution in [0.1, 0.15) is 19.8 Å². The van der Waals surface area contributed by atoms with Gasteiger partial charge in [0.05, 0.1) is 0 Å². The van der Waals surface area contributed by atoms with Crippen molar-refractivity contribution in [2.45, 2.75) is 19.8 Å². The van der Waals surface area contributed by atoms with Gasteiger partial charge in [-0.15, -0.1) is 0 Å². The van der Waals surface area contributed by atoms with Crippen molar-refractivity contribution in [1.29, 1.82) is 0 Å². The van der Waals surface area contributed by atoms with E-state index in [-0.39, 0.29) is 6.61 Å². The molecule has 0 aliphatic carbocycles. The van der Waals surface area contributed by atoms with Crippen LogP contribution in [0.3, 0.4) is 0 Å². The lowest BCUT2D eigenvalue weighted by Gasteiger charge is -2.12. The Morgan fingerprint density at radius 1 is 1.47 bits per heavy atom. The van der Waals surface area contributed by atoms with Gasteiger partial charge in [0.2, 0.25) is 5.95 Å². The summed E-state index contributed by atoms with van der Waals surface area (Å²) < 4.78 is 0. The van der Waals surface area contributed by atoms with Gasteiger partial charge in [0.1, 0.15) is 5.82 Å². The maximum atomic E-state index is 8.90. The molecule has 0 aliphatic rings. The van der Waals surface area contributed by atoms with Crippen LogP contribution in [-0.4, -0.2) is 42.3 Å². The van der Waals surface area contributed by atoms with E-state index in [4.69, 9.17) is 5.11 Å². The van der Waals surface area contributed by atoms with Crippen LogP contribution < -0.4 is 10.2 Å². The fraction of sp³-hybridized carbons (Fsp3) is 0.667. The van der Waals surface area contributed by atoms with Gasteiger partial charge in [-0.1, -0.05) is 6.92 Å². The lowest BCUT2D eigenvalue weighted by molar-refractivity contribution is 0.229. The first kappa shape index (κ1) is 13.7. The molecule has 1 heterocycles. The van der Waals surface area contributed by atoms with Crippen LogP contribution in [0.5, 0.6) is 0 Å². The average molecular weight is 238 g/mol. The summed E-state index contributed by atoms with van der Waals surface area (Å²) in [4.78, 5) is 10.4. The van der Waals surface area contributed by atoms with Gasteiger partial charge >= 0.3 is 0 Å². The summed E-state index contributed by atoms with van der Waals surface area (Å²) >= 11 is 0. The molecule has 5 nitrogen and oxygen atoms in total. The number of hydrogen-bond acceptors (Lipinski definition) is 5. The highest BCUT2D eigenvalue weighted by Crippen LogP contribution is 2.09. The molecule has 1 atom stereocenters. The number of aliphatic hydroxyl groups excluding tert-OH is 1. The zero-order valence-corrected chi connectivity index (χ0v) is 10.8. The van der Waals surface area contributed by atoms with E-state index in [2.05, 4.69) is 22.2 Å². The molecule has 96 valence electrons. The van der Waals surface area contributed by atoms with Crippen molar-refractivity contribution >= 4 is 11.8 Å². The van der Waals surface area contributed by atoms with Gasteiger partial charge in [-0.05, 0) is 24.8 Å². The Hall–Kier alpha value is -1.36. The van der Waals surface area contributed by atoms with Crippen molar-refractivity contribution in [1.82, 2.24) is 9.97 Å². The molecule has 0 radical (unpaired) electrons. The van der Waals surface area contributed by atoms with Gasteiger partial charge in [-0.25, -0.2) is 4.98 Å². The highest BCUT2D eigenvalue weighted by atomic mass is 16.3. The molecule has 2 N–H and O–H groups in total. The second-order valence-electron chi connectivity index (χ2n) is 4.49. The molecule has 0 spiro atoms. The van der Waals surface area contributed by atoms with Gasteiger partial charge in [-0.2, -0.15) is 4.98 Å². The van der Waals surface area contributed by atoms with Gasteiger partial charge in [-0.3, -0.25) is 0 Å². The van der Waals surface area contributed by atoms with E-state index in [0.29, 0.717) is 11.9 Å². The zero-order chi connectivity index (χ0) is 12.7. The molecule has 17 heavy (non-hydrogen) atoms. The largest absolute Gasteiger partial charge is 0.396 e.